The Bertz CT molecular complexity index is 1060. The first-order valence-electron chi connectivity index (χ1n) is 10.3. The number of nitrogens with zero attached hydrogens (tertiary/aromatic N) is 1. The zero-order chi connectivity index (χ0) is 21.8. The molecule has 1 fully saturated rings. The van der Waals surface area contributed by atoms with Gasteiger partial charge in [0.15, 0.2) is 0 Å². The lowest BCUT2D eigenvalue weighted by molar-refractivity contribution is -0.136. The van der Waals surface area contributed by atoms with Crippen LogP contribution in [0.2, 0.25) is 0 Å². The zero-order valence-electron chi connectivity index (χ0n) is 17.0. The van der Waals surface area contributed by atoms with Gasteiger partial charge in [-0.25, -0.2) is 8.42 Å². The quantitative estimate of drug-likeness (QED) is 0.702. The van der Waals surface area contributed by atoms with Crippen LogP contribution in [0.3, 0.4) is 0 Å². The molecule has 1 atom stereocenters. The lowest BCUT2D eigenvalue weighted by atomic mass is 9.88. The summed E-state index contributed by atoms with van der Waals surface area (Å²) in [6, 6.07) is 13.5. The van der Waals surface area contributed by atoms with Crippen LogP contribution in [-0.4, -0.2) is 50.8 Å². The first-order chi connectivity index (χ1) is 14.9. The third-order valence-electron chi connectivity index (χ3n) is 5.60. The van der Waals surface area contributed by atoms with Gasteiger partial charge in [0.1, 0.15) is 0 Å². The first kappa shape index (κ1) is 21.5. The fraction of sp³-hybridized carbons (Fsp3) is 0.364. The molecule has 2 aromatic carbocycles. The Balaban J connectivity index is 1.38. The topological polar surface area (TPSA) is 105 Å². The normalized spacial score (nSPS) is 19.3. The van der Waals surface area contributed by atoms with Crippen LogP contribution in [0.15, 0.2) is 53.4 Å². The summed E-state index contributed by atoms with van der Waals surface area (Å²) >= 11 is 0. The molecule has 2 aromatic rings. The predicted octanol–water partition coefficient (Wildman–Crippen LogP) is 1.84. The average Bonchev–Trinajstić information content (AvgIpc) is 2.80. The monoisotopic (exact) mass is 443 g/mol. The van der Waals surface area contributed by atoms with Gasteiger partial charge in [-0.3, -0.25) is 9.59 Å². The highest BCUT2D eigenvalue weighted by Crippen LogP contribution is 2.29. The number of hydrogen-bond donors (Lipinski definition) is 2. The van der Waals surface area contributed by atoms with E-state index in [0.29, 0.717) is 32.0 Å². The number of anilines is 1. The molecule has 31 heavy (non-hydrogen) atoms. The predicted molar refractivity (Wildman–Crippen MR) is 115 cm³/mol. The van der Waals surface area contributed by atoms with Crippen LogP contribution in [0, 0.1) is 0 Å². The van der Waals surface area contributed by atoms with Gasteiger partial charge in [-0.05, 0) is 54.7 Å². The van der Waals surface area contributed by atoms with Crippen molar-refractivity contribution in [3.05, 3.63) is 59.7 Å². The average molecular weight is 444 g/mol. The Kier molecular flexibility index (Phi) is 6.35. The first-order valence-corrected chi connectivity index (χ1v) is 11.8. The molecule has 2 amide bonds. The number of nitrogens with one attached hydrogen (secondary N) is 2. The largest absolute Gasteiger partial charge is 0.379 e. The molecule has 0 saturated carbocycles. The third-order valence-corrected chi connectivity index (χ3v) is 7.51. The van der Waals surface area contributed by atoms with Crippen LogP contribution in [-0.2, 0) is 30.8 Å². The summed E-state index contributed by atoms with van der Waals surface area (Å²) in [5.41, 5.74) is 2.59. The van der Waals surface area contributed by atoms with Crippen molar-refractivity contribution in [2.75, 3.05) is 31.6 Å². The molecule has 164 valence electrons. The van der Waals surface area contributed by atoms with Gasteiger partial charge in [0, 0.05) is 18.8 Å². The summed E-state index contributed by atoms with van der Waals surface area (Å²) in [5, 5.41) is 5.34. The number of carbonyl (C=O) groups is 2. The zero-order valence-corrected chi connectivity index (χ0v) is 17.9. The Labute approximate surface area is 181 Å². The number of benzene rings is 2. The van der Waals surface area contributed by atoms with Crippen molar-refractivity contribution in [1.29, 1.82) is 0 Å². The molecule has 9 heteroatoms. The van der Waals surface area contributed by atoms with Crippen molar-refractivity contribution in [1.82, 2.24) is 9.62 Å². The SMILES string of the molecule is O=C(Nc1ccc(S(=O)(=O)N2CCOCC2)cc1)C(=O)NC1CCCc2ccccc21. The number of sulfonamides is 1. The van der Waals surface area contributed by atoms with E-state index >= 15 is 0 Å². The van der Waals surface area contributed by atoms with Gasteiger partial charge < -0.3 is 15.4 Å². The Morgan fingerprint density at radius 3 is 2.42 bits per heavy atom. The molecule has 1 heterocycles. The fourth-order valence-electron chi connectivity index (χ4n) is 3.96. The van der Waals surface area contributed by atoms with E-state index in [9.17, 15) is 18.0 Å². The minimum absolute atomic E-state index is 0.135. The molecule has 1 unspecified atom stereocenters. The number of ether oxygens (including phenoxy) is 1. The van der Waals surface area contributed by atoms with Crippen LogP contribution in [0.1, 0.15) is 30.0 Å². The molecule has 4 rings (SSSR count). The van der Waals surface area contributed by atoms with Gasteiger partial charge in [0.25, 0.3) is 0 Å². The van der Waals surface area contributed by atoms with Crippen molar-refractivity contribution in [3.63, 3.8) is 0 Å². The maximum atomic E-state index is 12.7. The van der Waals surface area contributed by atoms with Crippen molar-refractivity contribution >= 4 is 27.5 Å². The number of aryl methyl sites for hydroxylation is 1. The highest BCUT2D eigenvalue weighted by atomic mass is 32.2. The number of rotatable bonds is 4. The van der Waals surface area contributed by atoms with E-state index in [0.717, 1.165) is 24.8 Å². The van der Waals surface area contributed by atoms with E-state index in [2.05, 4.69) is 10.6 Å². The van der Waals surface area contributed by atoms with Gasteiger partial charge >= 0.3 is 11.8 Å². The Morgan fingerprint density at radius 2 is 1.68 bits per heavy atom. The maximum Gasteiger partial charge on any atom is 0.313 e. The summed E-state index contributed by atoms with van der Waals surface area (Å²) in [6.07, 6.45) is 2.70. The minimum Gasteiger partial charge on any atom is -0.379 e. The molecule has 0 radical (unpaired) electrons. The molecule has 0 bridgehead atoms. The van der Waals surface area contributed by atoms with Crippen LogP contribution in [0.4, 0.5) is 5.69 Å². The van der Waals surface area contributed by atoms with Crippen LogP contribution in [0.25, 0.3) is 0 Å². The molecule has 0 aromatic heterocycles. The number of carbonyl (C=O) groups excluding carboxylic acids is 2. The fourth-order valence-corrected chi connectivity index (χ4v) is 5.37. The van der Waals surface area contributed by atoms with Gasteiger partial charge in [-0.2, -0.15) is 4.31 Å². The lowest BCUT2D eigenvalue weighted by Crippen LogP contribution is -2.40. The summed E-state index contributed by atoms with van der Waals surface area (Å²) in [6.45, 7) is 1.36. The summed E-state index contributed by atoms with van der Waals surface area (Å²) in [7, 11) is -3.61. The van der Waals surface area contributed by atoms with E-state index in [1.54, 1.807) is 0 Å². The van der Waals surface area contributed by atoms with Crippen molar-refractivity contribution in [3.8, 4) is 0 Å². The van der Waals surface area contributed by atoms with E-state index in [-0.39, 0.29) is 10.9 Å². The molecule has 1 aliphatic heterocycles. The molecule has 2 N–H and O–H groups in total. The highest BCUT2D eigenvalue weighted by Gasteiger charge is 2.27. The van der Waals surface area contributed by atoms with Crippen LogP contribution in [0.5, 0.6) is 0 Å². The molecular formula is C22H25N3O5S. The van der Waals surface area contributed by atoms with Crippen LogP contribution < -0.4 is 10.6 Å². The van der Waals surface area contributed by atoms with Gasteiger partial charge in [-0.15, -0.1) is 0 Å². The molecule has 0 spiro atoms. The molecule has 1 saturated heterocycles. The second-order valence-corrected chi connectivity index (χ2v) is 9.55. The van der Waals surface area contributed by atoms with E-state index in [1.807, 2.05) is 24.3 Å². The summed E-state index contributed by atoms with van der Waals surface area (Å²) in [4.78, 5) is 24.9. The number of amides is 2. The van der Waals surface area contributed by atoms with Gasteiger partial charge in [0.05, 0.1) is 24.2 Å². The molecule has 8 nitrogen and oxygen atoms in total. The van der Waals surface area contributed by atoms with Crippen LogP contribution >= 0.6 is 0 Å². The van der Waals surface area contributed by atoms with E-state index in [1.165, 1.54) is 34.1 Å². The van der Waals surface area contributed by atoms with E-state index < -0.39 is 21.8 Å². The summed E-state index contributed by atoms with van der Waals surface area (Å²) < 4.78 is 31.9. The van der Waals surface area contributed by atoms with Crippen molar-refractivity contribution in [2.24, 2.45) is 0 Å². The van der Waals surface area contributed by atoms with Crippen molar-refractivity contribution in [2.45, 2.75) is 30.2 Å². The Hall–Kier alpha value is -2.75. The number of fused-ring (bicyclic) bond motifs is 1. The minimum atomic E-state index is -3.61. The highest BCUT2D eigenvalue weighted by molar-refractivity contribution is 7.89. The van der Waals surface area contributed by atoms with Crippen molar-refractivity contribution < 1.29 is 22.7 Å². The number of morpholine rings is 1. The third kappa shape index (κ3) is 4.79. The molecular weight excluding hydrogens is 418 g/mol. The van der Waals surface area contributed by atoms with Gasteiger partial charge in [0.2, 0.25) is 10.0 Å². The lowest BCUT2D eigenvalue weighted by Gasteiger charge is -2.26. The maximum absolute atomic E-state index is 12.7. The number of hydrogen-bond acceptors (Lipinski definition) is 5. The van der Waals surface area contributed by atoms with E-state index in [4.69, 9.17) is 4.74 Å². The smallest absolute Gasteiger partial charge is 0.313 e. The second-order valence-electron chi connectivity index (χ2n) is 7.61. The second kappa shape index (κ2) is 9.17. The standard InChI is InChI=1S/C22H25N3O5S/c26-21(22(27)24-20-7-3-5-16-4-1-2-6-19(16)20)23-17-8-10-18(11-9-17)31(28,29)25-12-14-30-15-13-25/h1-2,4,6,8-11,20H,3,5,7,12-15H2,(H,23,26)(H,24,27). The molecule has 1 aliphatic carbocycles. The van der Waals surface area contributed by atoms with Gasteiger partial charge in [-0.1, -0.05) is 24.3 Å². The Morgan fingerprint density at radius 1 is 0.968 bits per heavy atom. The molecule has 2 aliphatic rings. The summed E-state index contributed by atoms with van der Waals surface area (Å²) in [5.74, 6) is -1.50.